The van der Waals surface area contributed by atoms with Gasteiger partial charge in [-0.25, -0.2) is 0 Å². The zero-order chi connectivity index (χ0) is 11.0. The molecule has 0 bridgehead atoms. The fourth-order valence-electron chi connectivity index (χ4n) is 1.87. The van der Waals surface area contributed by atoms with Crippen molar-refractivity contribution in [2.75, 3.05) is 0 Å². The van der Waals surface area contributed by atoms with Crippen LogP contribution in [0, 0.1) is 0 Å². The Labute approximate surface area is 94.9 Å². The van der Waals surface area contributed by atoms with Crippen molar-refractivity contribution in [2.45, 2.75) is 25.6 Å². The number of benzene rings is 1. The van der Waals surface area contributed by atoms with Crippen LogP contribution in [0.1, 0.15) is 25.5 Å². The summed E-state index contributed by atoms with van der Waals surface area (Å²) in [6.07, 6.45) is 2.11. The SMILES string of the molecule is CC(C)n1cc(CS)c2ccc(O)cc21. The van der Waals surface area contributed by atoms with Crippen molar-refractivity contribution in [1.82, 2.24) is 4.57 Å². The standard InChI is InChI=1S/C12H15NOS/c1-8(2)13-6-9(7-15)11-4-3-10(14)5-12(11)13/h3-6,8,14-15H,7H2,1-2H3. The third-order valence-electron chi connectivity index (χ3n) is 2.63. The second-order valence-electron chi connectivity index (χ2n) is 4.01. The third kappa shape index (κ3) is 1.72. The molecule has 0 saturated carbocycles. The number of aromatic hydroxyl groups is 1. The van der Waals surface area contributed by atoms with Gasteiger partial charge in [-0.3, -0.25) is 0 Å². The van der Waals surface area contributed by atoms with Crippen LogP contribution in [-0.4, -0.2) is 9.67 Å². The summed E-state index contributed by atoms with van der Waals surface area (Å²) in [6, 6.07) is 5.88. The quantitative estimate of drug-likeness (QED) is 0.747. The Bertz CT molecular complexity index is 488. The first kappa shape index (κ1) is 10.4. The fourth-order valence-corrected chi connectivity index (χ4v) is 2.12. The molecule has 0 saturated heterocycles. The molecular weight excluding hydrogens is 206 g/mol. The van der Waals surface area contributed by atoms with Crippen molar-refractivity contribution >= 4 is 23.5 Å². The van der Waals surface area contributed by atoms with Crippen LogP contribution in [0.25, 0.3) is 10.9 Å². The van der Waals surface area contributed by atoms with E-state index in [1.807, 2.05) is 12.1 Å². The maximum Gasteiger partial charge on any atom is 0.117 e. The first-order valence-electron chi connectivity index (χ1n) is 5.06. The molecule has 80 valence electrons. The van der Waals surface area contributed by atoms with E-state index < -0.39 is 0 Å². The van der Waals surface area contributed by atoms with E-state index >= 15 is 0 Å². The van der Waals surface area contributed by atoms with Crippen LogP contribution in [0.4, 0.5) is 0 Å². The zero-order valence-corrected chi connectivity index (χ0v) is 9.83. The first-order chi connectivity index (χ1) is 7.13. The van der Waals surface area contributed by atoms with Crippen molar-refractivity contribution in [3.05, 3.63) is 30.0 Å². The molecule has 3 heteroatoms. The highest BCUT2D eigenvalue weighted by Crippen LogP contribution is 2.28. The highest BCUT2D eigenvalue weighted by molar-refractivity contribution is 7.79. The third-order valence-corrected chi connectivity index (χ3v) is 2.97. The second-order valence-corrected chi connectivity index (χ2v) is 4.33. The average Bonchev–Trinajstić information content (AvgIpc) is 2.55. The maximum absolute atomic E-state index is 9.49. The Hall–Kier alpha value is -1.09. The molecule has 0 atom stereocenters. The molecule has 0 unspecified atom stereocenters. The minimum Gasteiger partial charge on any atom is -0.508 e. The molecule has 0 aliphatic rings. The van der Waals surface area contributed by atoms with E-state index in [4.69, 9.17) is 0 Å². The summed E-state index contributed by atoms with van der Waals surface area (Å²) in [7, 11) is 0. The molecule has 1 heterocycles. The Morgan fingerprint density at radius 1 is 1.40 bits per heavy atom. The lowest BCUT2D eigenvalue weighted by Gasteiger charge is -2.08. The van der Waals surface area contributed by atoms with Crippen LogP contribution < -0.4 is 0 Å². The van der Waals surface area contributed by atoms with E-state index in [0.717, 1.165) is 11.3 Å². The summed E-state index contributed by atoms with van der Waals surface area (Å²) in [6.45, 7) is 4.26. The number of nitrogens with zero attached hydrogens (tertiary/aromatic N) is 1. The van der Waals surface area contributed by atoms with Gasteiger partial charge >= 0.3 is 0 Å². The number of thiol groups is 1. The number of phenolic OH excluding ortho intramolecular Hbond substituents is 1. The molecule has 1 aromatic carbocycles. The smallest absolute Gasteiger partial charge is 0.117 e. The zero-order valence-electron chi connectivity index (χ0n) is 8.94. The number of aromatic nitrogens is 1. The Morgan fingerprint density at radius 2 is 2.13 bits per heavy atom. The Balaban J connectivity index is 2.76. The van der Waals surface area contributed by atoms with Gasteiger partial charge in [0.05, 0.1) is 5.52 Å². The van der Waals surface area contributed by atoms with Gasteiger partial charge in [0.15, 0.2) is 0 Å². The highest BCUT2D eigenvalue weighted by atomic mass is 32.1. The molecule has 15 heavy (non-hydrogen) atoms. The van der Waals surface area contributed by atoms with Gasteiger partial charge in [-0.1, -0.05) is 0 Å². The summed E-state index contributed by atoms with van der Waals surface area (Å²) in [5.74, 6) is 1.04. The number of hydrogen-bond donors (Lipinski definition) is 2. The van der Waals surface area contributed by atoms with Crippen LogP contribution in [0.2, 0.25) is 0 Å². The highest BCUT2D eigenvalue weighted by Gasteiger charge is 2.09. The van der Waals surface area contributed by atoms with Crippen LogP contribution >= 0.6 is 12.6 Å². The molecule has 1 N–H and O–H groups in total. The molecule has 0 aliphatic carbocycles. The van der Waals surface area contributed by atoms with Gasteiger partial charge in [0.25, 0.3) is 0 Å². The summed E-state index contributed by atoms with van der Waals surface area (Å²) >= 11 is 4.32. The van der Waals surface area contributed by atoms with Crippen molar-refractivity contribution in [1.29, 1.82) is 0 Å². The van der Waals surface area contributed by atoms with Crippen LogP contribution in [0.15, 0.2) is 24.4 Å². The van der Waals surface area contributed by atoms with Gasteiger partial charge in [0, 0.05) is 29.4 Å². The molecule has 0 fully saturated rings. The van der Waals surface area contributed by atoms with Gasteiger partial charge in [0.1, 0.15) is 5.75 Å². The molecule has 2 rings (SSSR count). The Morgan fingerprint density at radius 3 is 2.73 bits per heavy atom. The van der Waals surface area contributed by atoms with E-state index in [9.17, 15) is 5.11 Å². The molecule has 1 aromatic heterocycles. The molecule has 0 radical (unpaired) electrons. The van der Waals surface area contributed by atoms with Crippen LogP contribution in [0.3, 0.4) is 0 Å². The monoisotopic (exact) mass is 221 g/mol. The molecular formula is C12H15NOS. The van der Waals surface area contributed by atoms with E-state index in [2.05, 4.69) is 37.2 Å². The van der Waals surface area contributed by atoms with Crippen molar-refractivity contribution in [3.63, 3.8) is 0 Å². The lowest BCUT2D eigenvalue weighted by molar-refractivity contribution is 0.475. The topological polar surface area (TPSA) is 25.2 Å². The van der Waals surface area contributed by atoms with Gasteiger partial charge in [-0.2, -0.15) is 12.6 Å². The molecule has 0 spiro atoms. The Kier molecular flexibility index (Phi) is 2.65. The number of fused-ring (bicyclic) bond motifs is 1. The number of phenols is 1. The summed E-state index contributed by atoms with van der Waals surface area (Å²) in [5.41, 5.74) is 2.29. The van der Waals surface area contributed by atoms with E-state index in [1.54, 1.807) is 6.07 Å². The average molecular weight is 221 g/mol. The normalized spacial score (nSPS) is 11.5. The van der Waals surface area contributed by atoms with Crippen LogP contribution in [0.5, 0.6) is 5.75 Å². The van der Waals surface area contributed by atoms with Gasteiger partial charge in [-0.05, 0) is 31.5 Å². The van der Waals surface area contributed by atoms with Crippen molar-refractivity contribution in [3.8, 4) is 5.75 Å². The fraction of sp³-hybridized carbons (Fsp3) is 0.333. The minimum atomic E-state index is 0.313. The predicted molar refractivity (Wildman–Crippen MR) is 66.7 cm³/mol. The minimum absolute atomic E-state index is 0.313. The molecule has 0 amide bonds. The largest absolute Gasteiger partial charge is 0.508 e. The summed E-state index contributed by atoms with van der Waals surface area (Å²) in [5, 5.41) is 10.7. The second kappa shape index (κ2) is 3.81. The number of hydrogen-bond acceptors (Lipinski definition) is 2. The lowest BCUT2D eigenvalue weighted by Crippen LogP contribution is -1.97. The van der Waals surface area contributed by atoms with Crippen LogP contribution in [-0.2, 0) is 5.75 Å². The summed E-state index contributed by atoms with van der Waals surface area (Å²) in [4.78, 5) is 0. The van der Waals surface area contributed by atoms with Crippen molar-refractivity contribution < 1.29 is 5.11 Å². The first-order valence-corrected chi connectivity index (χ1v) is 5.70. The van der Waals surface area contributed by atoms with Gasteiger partial charge < -0.3 is 9.67 Å². The predicted octanol–water partition coefficient (Wildman–Crippen LogP) is 3.36. The van der Waals surface area contributed by atoms with E-state index in [1.165, 1.54) is 10.9 Å². The van der Waals surface area contributed by atoms with E-state index in [0.29, 0.717) is 11.8 Å². The maximum atomic E-state index is 9.49. The molecule has 2 aromatic rings. The number of rotatable bonds is 2. The van der Waals surface area contributed by atoms with E-state index in [-0.39, 0.29) is 0 Å². The molecule has 2 nitrogen and oxygen atoms in total. The summed E-state index contributed by atoms with van der Waals surface area (Å²) < 4.78 is 2.17. The van der Waals surface area contributed by atoms with Gasteiger partial charge in [0.2, 0.25) is 0 Å². The lowest BCUT2D eigenvalue weighted by atomic mass is 10.2. The van der Waals surface area contributed by atoms with Gasteiger partial charge in [-0.15, -0.1) is 0 Å². The molecule has 0 aliphatic heterocycles. The van der Waals surface area contributed by atoms with Crippen molar-refractivity contribution in [2.24, 2.45) is 0 Å².